The number of ether oxygens (including phenoxy) is 3. The largest absolute Gasteiger partial charge is 0.493 e. The van der Waals surface area contributed by atoms with Crippen molar-refractivity contribution in [3.8, 4) is 5.75 Å². The Morgan fingerprint density at radius 3 is 2.52 bits per heavy atom. The van der Waals surface area contributed by atoms with Crippen LogP contribution in [0.25, 0.3) is 0 Å². The minimum absolute atomic E-state index is 0.0420. The Hall–Kier alpha value is -3.03. The first-order valence-electron chi connectivity index (χ1n) is 8.86. The molecule has 2 rings (SSSR count). The van der Waals surface area contributed by atoms with Gasteiger partial charge >= 0.3 is 18.0 Å². The third kappa shape index (κ3) is 6.02. The molecule has 0 saturated carbocycles. The summed E-state index contributed by atoms with van der Waals surface area (Å²) in [5.74, 6) is -0.383. The number of amides is 2. The van der Waals surface area contributed by atoms with Gasteiger partial charge in [0.15, 0.2) is 0 Å². The predicted octanol–water partition coefficient (Wildman–Crippen LogP) is 1.91. The number of carbonyl (C=O) groups is 3. The molecule has 0 aromatic heterocycles. The zero-order valence-corrected chi connectivity index (χ0v) is 15.4. The van der Waals surface area contributed by atoms with Gasteiger partial charge in [-0.1, -0.05) is 25.1 Å². The molecule has 0 bridgehead atoms. The van der Waals surface area contributed by atoms with Gasteiger partial charge in [-0.2, -0.15) is 0 Å². The fourth-order valence-electron chi connectivity index (χ4n) is 2.57. The maximum Gasteiger partial charge on any atom is 0.338 e. The van der Waals surface area contributed by atoms with E-state index in [1.165, 1.54) is 0 Å². The highest BCUT2D eigenvalue weighted by atomic mass is 16.5. The maximum atomic E-state index is 12.2. The molecule has 0 spiro atoms. The van der Waals surface area contributed by atoms with Crippen LogP contribution in [0.15, 0.2) is 41.6 Å². The van der Waals surface area contributed by atoms with Crippen LogP contribution in [0, 0.1) is 0 Å². The van der Waals surface area contributed by atoms with E-state index in [-0.39, 0.29) is 37.5 Å². The van der Waals surface area contributed by atoms with E-state index in [2.05, 4.69) is 10.6 Å². The molecule has 1 heterocycles. The van der Waals surface area contributed by atoms with Gasteiger partial charge in [-0.15, -0.1) is 0 Å². The summed E-state index contributed by atoms with van der Waals surface area (Å²) in [7, 11) is 0. The van der Waals surface area contributed by atoms with Crippen molar-refractivity contribution < 1.29 is 28.6 Å². The molecule has 1 aliphatic heterocycles. The number of hydrogen-bond donors (Lipinski definition) is 2. The van der Waals surface area contributed by atoms with Crippen LogP contribution in [-0.4, -0.2) is 43.8 Å². The van der Waals surface area contributed by atoms with Crippen molar-refractivity contribution >= 4 is 18.0 Å². The van der Waals surface area contributed by atoms with Gasteiger partial charge in [0.25, 0.3) is 0 Å². The highest BCUT2D eigenvalue weighted by molar-refractivity contribution is 5.94. The molecule has 1 atom stereocenters. The van der Waals surface area contributed by atoms with Crippen LogP contribution >= 0.6 is 0 Å². The van der Waals surface area contributed by atoms with E-state index in [0.717, 1.165) is 0 Å². The first kappa shape index (κ1) is 20.3. The summed E-state index contributed by atoms with van der Waals surface area (Å²) in [6, 6.07) is 8.17. The molecule has 0 unspecified atom stereocenters. The molecule has 0 fully saturated rings. The Kier molecular flexibility index (Phi) is 7.66. The van der Waals surface area contributed by atoms with Crippen LogP contribution in [0.2, 0.25) is 0 Å². The van der Waals surface area contributed by atoms with Crippen LogP contribution in [0.3, 0.4) is 0 Å². The first-order chi connectivity index (χ1) is 13.0. The summed E-state index contributed by atoms with van der Waals surface area (Å²) in [4.78, 5) is 35.9. The normalized spacial score (nSPS) is 16.2. The van der Waals surface area contributed by atoms with E-state index in [4.69, 9.17) is 14.2 Å². The monoisotopic (exact) mass is 376 g/mol. The van der Waals surface area contributed by atoms with Crippen LogP contribution in [0.1, 0.15) is 26.7 Å². The molecular weight excluding hydrogens is 352 g/mol. The molecule has 2 N–H and O–H groups in total. The summed E-state index contributed by atoms with van der Waals surface area (Å²) >= 11 is 0. The Labute approximate surface area is 157 Å². The first-order valence-corrected chi connectivity index (χ1v) is 8.86. The molecule has 2 amide bonds. The molecule has 27 heavy (non-hydrogen) atoms. The highest BCUT2D eigenvalue weighted by Gasteiger charge is 2.31. The Bertz CT molecular complexity index is 701. The quantitative estimate of drug-likeness (QED) is 0.638. The van der Waals surface area contributed by atoms with Crippen molar-refractivity contribution in [2.45, 2.75) is 32.7 Å². The second kappa shape index (κ2) is 10.2. The average molecular weight is 376 g/mol. The predicted molar refractivity (Wildman–Crippen MR) is 96.9 cm³/mol. The lowest BCUT2D eigenvalue weighted by atomic mass is 10.0. The Morgan fingerprint density at radius 2 is 1.85 bits per heavy atom. The van der Waals surface area contributed by atoms with Crippen molar-refractivity contribution in [2.24, 2.45) is 0 Å². The molecule has 8 nitrogen and oxygen atoms in total. The number of nitrogens with one attached hydrogen (secondary N) is 2. The van der Waals surface area contributed by atoms with Gasteiger partial charge in [-0.3, -0.25) is 4.79 Å². The van der Waals surface area contributed by atoms with Gasteiger partial charge in [-0.25, -0.2) is 9.59 Å². The maximum absolute atomic E-state index is 12.2. The molecule has 1 aromatic carbocycles. The van der Waals surface area contributed by atoms with Crippen molar-refractivity contribution in [1.82, 2.24) is 10.6 Å². The minimum atomic E-state index is -0.546. The highest BCUT2D eigenvalue weighted by Crippen LogP contribution is 2.17. The van der Waals surface area contributed by atoms with E-state index >= 15 is 0 Å². The standard InChI is InChI=1S/C19H24N2O6/c1-3-14-17(18(23)25-4-2)15(21-19(24)20-14)12-27-16(22)10-11-26-13-8-6-5-7-9-13/h5-9,14H,3-4,10-12H2,1-2H3,(H2,20,21,24)/t14-/m0/s1. The number of rotatable bonds is 9. The van der Waals surface area contributed by atoms with Gasteiger partial charge in [-0.05, 0) is 25.5 Å². The van der Waals surface area contributed by atoms with E-state index < -0.39 is 24.0 Å². The van der Waals surface area contributed by atoms with Crippen molar-refractivity contribution in [3.05, 3.63) is 41.6 Å². The molecule has 0 radical (unpaired) electrons. The summed E-state index contributed by atoms with van der Waals surface area (Å²) < 4.78 is 15.7. The molecule has 1 aromatic rings. The lowest BCUT2D eigenvalue weighted by Gasteiger charge is -2.28. The molecule has 1 aliphatic rings. The van der Waals surface area contributed by atoms with Crippen molar-refractivity contribution in [2.75, 3.05) is 19.8 Å². The van der Waals surface area contributed by atoms with E-state index in [0.29, 0.717) is 12.2 Å². The van der Waals surface area contributed by atoms with Gasteiger partial charge in [0.05, 0.1) is 36.9 Å². The van der Waals surface area contributed by atoms with Crippen molar-refractivity contribution in [1.29, 1.82) is 0 Å². The summed E-state index contributed by atoms with van der Waals surface area (Å²) in [6.07, 6.45) is 0.546. The lowest BCUT2D eigenvalue weighted by Crippen LogP contribution is -2.51. The fourth-order valence-corrected chi connectivity index (χ4v) is 2.57. The number of urea groups is 1. The van der Waals surface area contributed by atoms with E-state index in [9.17, 15) is 14.4 Å². The number of para-hydroxylation sites is 1. The SMILES string of the molecule is CCOC(=O)C1=C(COC(=O)CCOc2ccccc2)NC(=O)N[C@H]1CC. The second-order valence-electron chi connectivity index (χ2n) is 5.74. The number of hydrogen-bond acceptors (Lipinski definition) is 6. The van der Waals surface area contributed by atoms with Crippen LogP contribution in [-0.2, 0) is 19.1 Å². The molecule has 8 heteroatoms. The summed E-state index contributed by atoms with van der Waals surface area (Å²) in [5, 5.41) is 5.18. The zero-order chi connectivity index (χ0) is 19.6. The Morgan fingerprint density at radius 1 is 1.11 bits per heavy atom. The third-order valence-electron chi connectivity index (χ3n) is 3.84. The molecular formula is C19H24N2O6. The Balaban J connectivity index is 1.94. The van der Waals surface area contributed by atoms with Gasteiger partial charge in [0, 0.05) is 0 Å². The summed E-state index contributed by atoms with van der Waals surface area (Å²) in [5.41, 5.74) is 0.508. The van der Waals surface area contributed by atoms with Gasteiger partial charge in [0.2, 0.25) is 0 Å². The van der Waals surface area contributed by atoms with Gasteiger partial charge < -0.3 is 24.8 Å². The number of carbonyl (C=O) groups excluding carboxylic acids is 3. The number of esters is 2. The molecule has 146 valence electrons. The van der Waals surface area contributed by atoms with Gasteiger partial charge in [0.1, 0.15) is 12.4 Å². The minimum Gasteiger partial charge on any atom is -0.493 e. The average Bonchev–Trinajstić information content (AvgIpc) is 2.66. The van der Waals surface area contributed by atoms with E-state index in [1.54, 1.807) is 19.1 Å². The molecule has 0 saturated heterocycles. The summed E-state index contributed by atoms with van der Waals surface area (Å²) in [6.45, 7) is 3.68. The van der Waals surface area contributed by atoms with Crippen molar-refractivity contribution in [3.63, 3.8) is 0 Å². The number of benzene rings is 1. The van der Waals surface area contributed by atoms with Crippen LogP contribution in [0.4, 0.5) is 4.79 Å². The third-order valence-corrected chi connectivity index (χ3v) is 3.84. The van der Waals surface area contributed by atoms with E-state index in [1.807, 2.05) is 25.1 Å². The van der Waals surface area contributed by atoms with Crippen LogP contribution in [0.5, 0.6) is 5.75 Å². The second-order valence-corrected chi connectivity index (χ2v) is 5.74. The zero-order valence-electron chi connectivity index (χ0n) is 15.4. The smallest absolute Gasteiger partial charge is 0.338 e. The van der Waals surface area contributed by atoms with Crippen LogP contribution < -0.4 is 15.4 Å². The molecule has 0 aliphatic carbocycles. The fraction of sp³-hybridized carbons (Fsp3) is 0.421. The lowest BCUT2D eigenvalue weighted by molar-refractivity contribution is -0.144. The topological polar surface area (TPSA) is 103 Å².